The molecule has 0 radical (unpaired) electrons. The average Bonchev–Trinajstić information content (AvgIpc) is 3.01. The second-order valence-corrected chi connectivity index (χ2v) is 5.85. The zero-order valence-electron chi connectivity index (χ0n) is 13.3. The predicted octanol–water partition coefficient (Wildman–Crippen LogP) is 4.13. The number of ether oxygens (including phenoxy) is 1. The van der Waals surface area contributed by atoms with Crippen molar-refractivity contribution in [3.63, 3.8) is 0 Å². The summed E-state index contributed by atoms with van der Waals surface area (Å²) in [6.45, 7) is 3.47. The van der Waals surface area contributed by atoms with Crippen molar-refractivity contribution in [2.45, 2.75) is 26.0 Å². The summed E-state index contributed by atoms with van der Waals surface area (Å²) >= 11 is 6.04. The molecule has 1 aromatic heterocycles. The Kier molecular flexibility index (Phi) is 4.71. The molecule has 0 saturated heterocycles. The maximum atomic E-state index is 12.3. The fourth-order valence-electron chi connectivity index (χ4n) is 2.25. The van der Waals surface area contributed by atoms with Crippen LogP contribution in [0.2, 0.25) is 5.02 Å². The molecule has 2 aromatic carbocycles. The third kappa shape index (κ3) is 3.51. The van der Waals surface area contributed by atoms with E-state index in [1.807, 2.05) is 31.2 Å². The van der Waals surface area contributed by atoms with Crippen LogP contribution in [0, 0.1) is 0 Å². The number of oxazole rings is 1. The minimum absolute atomic E-state index is 0.273. The van der Waals surface area contributed by atoms with Gasteiger partial charge in [-0.1, -0.05) is 35.9 Å². The molecule has 0 spiro atoms. The van der Waals surface area contributed by atoms with Crippen molar-refractivity contribution in [3.05, 3.63) is 59.4 Å². The molecular weight excluding hydrogens is 328 g/mol. The van der Waals surface area contributed by atoms with Gasteiger partial charge in [0, 0.05) is 0 Å². The van der Waals surface area contributed by atoms with Crippen LogP contribution < -0.4 is 10.1 Å². The van der Waals surface area contributed by atoms with Crippen LogP contribution >= 0.6 is 11.6 Å². The summed E-state index contributed by atoms with van der Waals surface area (Å²) in [6.07, 6.45) is -0.697. The minimum Gasteiger partial charge on any atom is -0.479 e. The SMILES string of the molecule is CC(Oc1ccccc1Cl)C(=O)NC(C)c1nc2ccccc2o1. The number of nitrogens with one attached hydrogen (secondary N) is 1. The van der Waals surface area contributed by atoms with E-state index in [4.69, 9.17) is 20.8 Å². The van der Waals surface area contributed by atoms with Crippen molar-refractivity contribution in [1.29, 1.82) is 0 Å². The van der Waals surface area contributed by atoms with Gasteiger partial charge in [0.25, 0.3) is 5.91 Å². The van der Waals surface area contributed by atoms with Gasteiger partial charge in [-0.3, -0.25) is 4.79 Å². The second-order valence-electron chi connectivity index (χ2n) is 5.44. The standard InChI is InChI=1S/C18H17ClN2O3/c1-11(18-21-14-8-4-6-10-16(14)24-18)20-17(22)12(2)23-15-9-5-3-7-13(15)19/h3-12H,1-2H3,(H,20,22). The lowest BCUT2D eigenvalue weighted by molar-refractivity contribution is -0.128. The van der Waals surface area contributed by atoms with Gasteiger partial charge in [-0.2, -0.15) is 0 Å². The van der Waals surface area contributed by atoms with E-state index in [-0.39, 0.29) is 11.9 Å². The van der Waals surface area contributed by atoms with Gasteiger partial charge in [0.2, 0.25) is 5.89 Å². The second kappa shape index (κ2) is 6.93. The maximum absolute atomic E-state index is 12.3. The van der Waals surface area contributed by atoms with Crippen molar-refractivity contribution in [3.8, 4) is 5.75 Å². The number of carbonyl (C=O) groups is 1. The fraction of sp³-hybridized carbons (Fsp3) is 0.222. The summed E-state index contributed by atoms with van der Waals surface area (Å²) in [7, 11) is 0. The Morgan fingerprint density at radius 2 is 1.88 bits per heavy atom. The first-order valence-electron chi connectivity index (χ1n) is 7.61. The van der Waals surface area contributed by atoms with Crippen LogP contribution in [0.25, 0.3) is 11.1 Å². The third-order valence-corrected chi connectivity index (χ3v) is 3.86. The monoisotopic (exact) mass is 344 g/mol. The third-order valence-electron chi connectivity index (χ3n) is 3.55. The first-order chi connectivity index (χ1) is 11.5. The first kappa shape index (κ1) is 16.3. The molecule has 3 rings (SSSR count). The molecule has 0 saturated carbocycles. The summed E-state index contributed by atoms with van der Waals surface area (Å²) in [6, 6.07) is 14.1. The number of aromatic nitrogens is 1. The van der Waals surface area contributed by atoms with Gasteiger partial charge >= 0.3 is 0 Å². The highest BCUT2D eigenvalue weighted by atomic mass is 35.5. The first-order valence-corrected chi connectivity index (χ1v) is 7.99. The Balaban J connectivity index is 1.66. The minimum atomic E-state index is -0.697. The van der Waals surface area contributed by atoms with E-state index in [2.05, 4.69) is 10.3 Å². The molecule has 6 heteroatoms. The van der Waals surface area contributed by atoms with Crippen molar-refractivity contribution in [1.82, 2.24) is 10.3 Å². The number of nitrogens with zero attached hydrogens (tertiary/aromatic N) is 1. The molecule has 1 N–H and O–H groups in total. The van der Waals surface area contributed by atoms with Gasteiger partial charge in [-0.25, -0.2) is 4.98 Å². The number of rotatable bonds is 5. The highest BCUT2D eigenvalue weighted by Gasteiger charge is 2.21. The van der Waals surface area contributed by atoms with Gasteiger partial charge in [0.1, 0.15) is 17.3 Å². The van der Waals surface area contributed by atoms with Crippen LogP contribution in [-0.2, 0) is 4.79 Å². The van der Waals surface area contributed by atoms with Crippen LogP contribution in [0.4, 0.5) is 0 Å². The Morgan fingerprint density at radius 3 is 2.62 bits per heavy atom. The molecule has 1 heterocycles. The molecule has 2 unspecified atom stereocenters. The Hall–Kier alpha value is -2.53. The highest BCUT2D eigenvalue weighted by Crippen LogP contribution is 2.24. The van der Waals surface area contributed by atoms with E-state index in [0.717, 1.165) is 5.52 Å². The summed E-state index contributed by atoms with van der Waals surface area (Å²) in [5, 5.41) is 3.30. The lowest BCUT2D eigenvalue weighted by atomic mass is 10.3. The maximum Gasteiger partial charge on any atom is 0.261 e. The van der Waals surface area contributed by atoms with Gasteiger partial charge < -0.3 is 14.5 Å². The molecule has 0 aliphatic carbocycles. The molecule has 124 valence electrons. The van der Waals surface area contributed by atoms with E-state index < -0.39 is 6.10 Å². The summed E-state index contributed by atoms with van der Waals surface area (Å²) < 4.78 is 11.3. The van der Waals surface area contributed by atoms with Gasteiger partial charge in [-0.15, -0.1) is 0 Å². The zero-order valence-corrected chi connectivity index (χ0v) is 14.1. The molecular formula is C18H17ClN2O3. The lowest BCUT2D eigenvalue weighted by Gasteiger charge is -2.17. The molecule has 3 aromatic rings. The molecule has 0 aliphatic heterocycles. The summed E-state index contributed by atoms with van der Waals surface area (Å²) in [5.41, 5.74) is 1.45. The smallest absolute Gasteiger partial charge is 0.261 e. The van der Waals surface area contributed by atoms with Crippen molar-refractivity contribution in [2.24, 2.45) is 0 Å². The number of halogens is 1. The molecule has 1 amide bonds. The van der Waals surface area contributed by atoms with Crippen LogP contribution in [0.1, 0.15) is 25.8 Å². The van der Waals surface area contributed by atoms with E-state index in [9.17, 15) is 4.79 Å². The Labute approximate surface area is 144 Å². The van der Waals surface area contributed by atoms with Gasteiger partial charge in [0.05, 0.1) is 5.02 Å². The molecule has 0 aliphatic rings. The van der Waals surface area contributed by atoms with E-state index in [1.54, 1.807) is 31.2 Å². The molecule has 2 atom stereocenters. The van der Waals surface area contributed by atoms with Crippen molar-refractivity contribution in [2.75, 3.05) is 0 Å². The summed E-state index contributed by atoms with van der Waals surface area (Å²) in [5.74, 6) is 0.649. The number of para-hydroxylation sites is 3. The van der Waals surface area contributed by atoms with Crippen LogP contribution in [0.3, 0.4) is 0 Å². The van der Waals surface area contributed by atoms with E-state index in [1.165, 1.54) is 0 Å². The van der Waals surface area contributed by atoms with Gasteiger partial charge in [-0.05, 0) is 38.1 Å². The van der Waals surface area contributed by atoms with Crippen LogP contribution in [0.5, 0.6) is 5.75 Å². The van der Waals surface area contributed by atoms with Gasteiger partial charge in [0.15, 0.2) is 11.7 Å². The topological polar surface area (TPSA) is 64.4 Å². The zero-order chi connectivity index (χ0) is 17.1. The Morgan fingerprint density at radius 1 is 1.17 bits per heavy atom. The highest BCUT2D eigenvalue weighted by molar-refractivity contribution is 6.32. The molecule has 5 nitrogen and oxygen atoms in total. The lowest BCUT2D eigenvalue weighted by Crippen LogP contribution is -2.37. The van der Waals surface area contributed by atoms with Crippen molar-refractivity contribution < 1.29 is 13.9 Å². The quantitative estimate of drug-likeness (QED) is 0.756. The molecule has 0 fully saturated rings. The van der Waals surface area contributed by atoms with E-state index in [0.29, 0.717) is 22.2 Å². The van der Waals surface area contributed by atoms with Crippen LogP contribution in [-0.4, -0.2) is 17.0 Å². The summed E-state index contributed by atoms with van der Waals surface area (Å²) in [4.78, 5) is 16.7. The molecule has 0 bridgehead atoms. The number of amides is 1. The number of benzene rings is 2. The number of hydrogen-bond acceptors (Lipinski definition) is 4. The largest absolute Gasteiger partial charge is 0.479 e. The number of fused-ring (bicyclic) bond motifs is 1. The van der Waals surface area contributed by atoms with E-state index >= 15 is 0 Å². The predicted molar refractivity (Wildman–Crippen MR) is 92.1 cm³/mol. The normalized spacial score (nSPS) is 13.5. The Bertz CT molecular complexity index is 829. The number of hydrogen-bond donors (Lipinski definition) is 1. The van der Waals surface area contributed by atoms with Crippen molar-refractivity contribution >= 4 is 28.6 Å². The average molecular weight is 345 g/mol. The molecule has 24 heavy (non-hydrogen) atoms. The van der Waals surface area contributed by atoms with Crippen LogP contribution in [0.15, 0.2) is 52.9 Å². The fourth-order valence-corrected chi connectivity index (χ4v) is 2.43. The number of carbonyl (C=O) groups excluding carboxylic acids is 1.